The van der Waals surface area contributed by atoms with Gasteiger partial charge < -0.3 is 0 Å². The molecule has 2 heterocycles. The number of hydroxylamine groups is 1. The van der Waals surface area contributed by atoms with Crippen molar-refractivity contribution in [3.05, 3.63) is 46.2 Å². The number of nitro groups is 1. The van der Waals surface area contributed by atoms with Crippen molar-refractivity contribution in [2.75, 3.05) is 13.1 Å². The van der Waals surface area contributed by atoms with Crippen LogP contribution in [0, 0.1) is 17.0 Å². The van der Waals surface area contributed by atoms with E-state index in [-0.39, 0.29) is 10.6 Å². The molecule has 0 saturated carbocycles. The molecule has 0 unspecified atom stereocenters. The van der Waals surface area contributed by atoms with E-state index in [0.29, 0.717) is 31.5 Å². The minimum absolute atomic E-state index is 0.0105. The van der Waals surface area contributed by atoms with E-state index >= 15 is 0 Å². The van der Waals surface area contributed by atoms with Gasteiger partial charge in [-0.2, -0.15) is 4.31 Å². The second kappa shape index (κ2) is 5.59. The van der Waals surface area contributed by atoms with Gasteiger partial charge in [-0.1, -0.05) is 6.07 Å². The number of hydrogen-bond donors (Lipinski definition) is 1. The fraction of sp³-hybridized carbons (Fsp3) is 0.429. The summed E-state index contributed by atoms with van der Waals surface area (Å²) in [4.78, 5) is 15.8. The number of benzene rings is 1. The number of piperidine rings is 1. The van der Waals surface area contributed by atoms with Crippen LogP contribution >= 0.6 is 0 Å². The summed E-state index contributed by atoms with van der Waals surface area (Å²) in [6, 6.07) is 3.90. The Morgan fingerprint density at radius 2 is 2.04 bits per heavy atom. The molecule has 1 spiro atoms. The zero-order chi connectivity index (χ0) is 16.7. The van der Waals surface area contributed by atoms with Gasteiger partial charge >= 0.3 is 0 Å². The summed E-state index contributed by atoms with van der Waals surface area (Å²) in [5, 5.41) is 10.9. The summed E-state index contributed by atoms with van der Waals surface area (Å²) >= 11 is 0. The third kappa shape index (κ3) is 2.82. The maximum atomic E-state index is 12.8. The lowest BCUT2D eigenvalue weighted by Crippen LogP contribution is -2.46. The molecule has 0 atom stereocenters. The molecular formula is C14H17N3O5S. The summed E-state index contributed by atoms with van der Waals surface area (Å²) in [6.07, 6.45) is 4.66. The zero-order valence-electron chi connectivity index (χ0n) is 12.6. The van der Waals surface area contributed by atoms with Crippen molar-refractivity contribution in [3.8, 4) is 0 Å². The molecule has 23 heavy (non-hydrogen) atoms. The lowest BCUT2D eigenvalue weighted by Gasteiger charge is -2.36. The van der Waals surface area contributed by atoms with Gasteiger partial charge in [-0.15, -0.1) is 0 Å². The molecule has 1 N–H and O–H groups in total. The Bertz CT molecular complexity index is 767. The van der Waals surface area contributed by atoms with Gasteiger partial charge in [0, 0.05) is 31.4 Å². The molecule has 2 aliphatic rings. The number of nitro benzene ring substituents is 1. The van der Waals surface area contributed by atoms with E-state index in [1.54, 1.807) is 13.1 Å². The number of aryl methyl sites for hydroxylation is 1. The van der Waals surface area contributed by atoms with Crippen LogP contribution < -0.4 is 5.48 Å². The molecule has 2 aliphatic heterocycles. The highest BCUT2D eigenvalue weighted by Gasteiger charge is 2.40. The van der Waals surface area contributed by atoms with Gasteiger partial charge in [-0.05, 0) is 31.4 Å². The Kier molecular flexibility index (Phi) is 3.86. The van der Waals surface area contributed by atoms with Gasteiger partial charge in [-0.3, -0.25) is 20.4 Å². The molecule has 0 aromatic heterocycles. The second-order valence-corrected chi connectivity index (χ2v) is 7.64. The normalized spacial score (nSPS) is 20.6. The van der Waals surface area contributed by atoms with Crippen LogP contribution in [0.4, 0.5) is 5.69 Å². The van der Waals surface area contributed by atoms with Gasteiger partial charge in [0.15, 0.2) is 0 Å². The quantitative estimate of drug-likeness (QED) is 0.661. The van der Waals surface area contributed by atoms with E-state index in [4.69, 9.17) is 4.84 Å². The molecular weight excluding hydrogens is 322 g/mol. The molecule has 1 aromatic rings. The first-order valence-corrected chi connectivity index (χ1v) is 8.65. The Hall–Kier alpha value is -1.97. The number of rotatable bonds is 3. The number of non-ortho nitro benzene ring substituents is 1. The largest absolute Gasteiger partial charge is 0.274 e. The Balaban J connectivity index is 1.86. The van der Waals surface area contributed by atoms with Crippen molar-refractivity contribution < 1.29 is 18.2 Å². The summed E-state index contributed by atoms with van der Waals surface area (Å²) < 4.78 is 27.0. The Morgan fingerprint density at radius 3 is 2.61 bits per heavy atom. The third-order valence-corrected chi connectivity index (χ3v) is 6.33. The Labute approximate surface area is 133 Å². The van der Waals surface area contributed by atoms with Crippen LogP contribution in [-0.4, -0.2) is 36.3 Å². The van der Waals surface area contributed by atoms with Crippen molar-refractivity contribution in [3.63, 3.8) is 0 Å². The van der Waals surface area contributed by atoms with Gasteiger partial charge in [0.05, 0.1) is 9.82 Å². The van der Waals surface area contributed by atoms with E-state index in [9.17, 15) is 18.5 Å². The van der Waals surface area contributed by atoms with E-state index < -0.39 is 20.5 Å². The molecule has 1 aromatic carbocycles. The molecule has 0 radical (unpaired) electrons. The maximum Gasteiger partial charge on any atom is 0.270 e. The lowest BCUT2D eigenvalue weighted by atomic mass is 9.93. The zero-order valence-corrected chi connectivity index (χ0v) is 13.4. The second-order valence-electron chi connectivity index (χ2n) is 5.73. The van der Waals surface area contributed by atoms with Crippen molar-refractivity contribution in [1.82, 2.24) is 9.79 Å². The third-order valence-electron chi connectivity index (χ3n) is 4.29. The summed E-state index contributed by atoms with van der Waals surface area (Å²) in [6.45, 7) is 2.24. The highest BCUT2D eigenvalue weighted by Crippen LogP contribution is 2.33. The van der Waals surface area contributed by atoms with Crippen molar-refractivity contribution >= 4 is 15.7 Å². The predicted molar refractivity (Wildman–Crippen MR) is 81.9 cm³/mol. The van der Waals surface area contributed by atoms with E-state index in [2.05, 4.69) is 5.48 Å². The SMILES string of the molecule is Cc1ccc([N+](=O)[O-])cc1S(=O)(=O)N1CCC2(C=CNO2)CC1. The van der Waals surface area contributed by atoms with Crippen molar-refractivity contribution in [1.29, 1.82) is 0 Å². The first-order chi connectivity index (χ1) is 10.8. The fourth-order valence-corrected chi connectivity index (χ4v) is 4.55. The molecule has 1 fully saturated rings. The highest BCUT2D eigenvalue weighted by atomic mass is 32.2. The van der Waals surface area contributed by atoms with Crippen LogP contribution in [0.2, 0.25) is 0 Å². The highest BCUT2D eigenvalue weighted by molar-refractivity contribution is 7.89. The summed E-state index contributed by atoms with van der Waals surface area (Å²) in [5.41, 5.74) is 2.49. The van der Waals surface area contributed by atoms with Gasteiger partial charge in [0.1, 0.15) is 5.60 Å². The van der Waals surface area contributed by atoms with Crippen LogP contribution in [0.25, 0.3) is 0 Å². The summed E-state index contributed by atoms with van der Waals surface area (Å²) in [5.74, 6) is 0. The maximum absolute atomic E-state index is 12.8. The number of nitrogens with zero attached hydrogens (tertiary/aromatic N) is 2. The van der Waals surface area contributed by atoms with E-state index in [1.807, 2.05) is 6.08 Å². The van der Waals surface area contributed by atoms with Crippen LogP contribution in [-0.2, 0) is 14.9 Å². The molecule has 0 aliphatic carbocycles. The molecule has 8 nitrogen and oxygen atoms in total. The van der Waals surface area contributed by atoms with Crippen LogP contribution in [0.3, 0.4) is 0 Å². The molecule has 9 heteroatoms. The minimum atomic E-state index is -3.77. The van der Waals surface area contributed by atoms with Crippen molar-refractivity contribution in [2.24, 2.45) is 0 Å². The van der Waals surface area contributed by atoms with Crippen LogP contribution in [0.1, 0.15) is 18.4 Å². The van der Waals surface area contributed by atoms with Crippen LogP contribution in [0.15, 0.2) is 35.4 Å². The van der Waals surface area contributed by atoms with E-state index in [1.165, 1.54) is 16.4 Å². The van der Waals surface area contributed by atoms with E-state index in [0.717, 1.165) is 6.07 Å². The standard InChI is InChI=1S/C14H17N3O5S/c1-11-2-3-12(17(18)19)10-13(11)23(20,21)16-8-5-14(6-9-16)4-7-15-22-14/h2-4,7,10,15H,5-6,8-9H2,1H3. The number of hydrogen-bond acceptors (Lipinski definition) is 6. The molecule has 124 valence electrons. The minimum Gasteiger partial charge on any atom is -0.274 e. The number of sulfonamides is 1. The predicted octanol–water partition coefficient (Wildman–Crippen LogP) is 1.48. The van der Waals surface area contributed by atoms with Gasteiger partial charge in [0.25, 0.3) is 5.69 Å². The molecule has 1 saturated heterocycles. The first-order valence-electron chi connectivity index (χ1n) is 7.21. The lowest BCUT2D eigenvalue weighted by molar-refractivity contribution is -0.385. The van der Waals surface area contributed by atoms with Gasteiger partial charge in [-0.25, -0.2) is 8.42 Å². The topological polar surface area (TPSA) is 102 Å². The van der Waals surface area contributed by atoms with Crippen LogP contribution in [0.5, 0.6) is 0 Å². The number of nitrogens with one attached hydrogen (secondary N) is 1. The van der Waals surface area contributed by atoms with Crippen molar-refractivity contribution in [2.45, 2.75) is 30.3 Å². The molecule has 0 bridgehead atoms. The average Bonchev–Trinajstić information content (AvgIpc) is 2.96. The average molecular weight is 339 g/mol. The molecule has 3 rings (SSSR count). The smallest absolute Gasteiger partial charge is 0.270 e. The summed E-state index contributed by atoms with van der Waals surface area (Å²) in [7, 11) is -3.77. The van der Waals surface area contributed by atoms with Gasteiger partial charge in [0.2, 0.25) is 10.0 Å². The fourth-order valence-electron chi connectivity index (χ4n) is 2.86. The monoisotopic (exact) mass is 339 g/mol. The molecule has 0 amide bonds. The first kappa shape index (κ1) is 15.9. The Morgan fingerprint density at radius 1 is 1.35 bits per heavy atom.